The SMILES string of the molecule is CNC(C)Cc1noc(CCc2ccc(Br)c(C)c2)n1.Cl. The van der Waals surface area contributed by atoms with Crippen LogP contribution in [0.3, 0.4) is 0 Å². The molecule has 1 unspecified atom stereocenters. The van der Waals surface area contributed by atoms with Gasteiger partial charge in [-0.15, -0.1) is 12.4 Å². The number of nitrogens with one attached hydrogen (secondary N) is 1. The molecule has 0 aliphatic carbocycles. The molecule has 1 atom stereocenters. The van der Waals surface area contributed by atoms with E-state index in [1.165, 1.54) is 11.1 Å². The Morgan fingerprint density at radius 1 is 1.33 bits per heavy atom. The fraction of sp³-hybridized carbons (Fsp3) is 0.467. The van der Waals surface area contributed by atoms with Gasteiger partial charge in [0.25, 0.3) is 0 Å². The summed E-state index contributed by atoms with van der Waals surface area (Å²) < 4.78 is 6.43. The van der Waals surface area contributed by atoms with Gasteiger partial charge in [0.2, 0.25) is 5.89 Å². The molecule has 0 aliphatic rings. The lowest BCUT2D eigenvalue weighted by molar-refractivity contribution is 0.371. The highest BCUT2D eigenvalue weighted by molar-refractivity contribution is 9.10. The Morgan fingerprint density at radius 3 is 2.76 bits per heavy atom. The molecule has 2 rings (SSSR count). The topological polar surface area (TPSA) is 51.0 Å². The normalized spacial score (nSPS) is 12.0. The van der Waals surface area contributed by atoms with E-state index < -0.39 is 0 Å². The summed E-state index contributed by atoms with van der Waals surface area (Å²) in [6, 6.07) is 6.75. The number of rotatable bonds is 6. The number of aryl methyl sites for hydroxylation is 3. The van der Waals surface area contributed by atoms with Gasteiger partial charge in [0.05, 0.1) is 0 Å². The first-order chi connectivity index (χ1) is 9.58. The van der Waals surface area contributed by atoms with Crippen molar-refractivity contribution in [2.24, 2.45) is 0 Å². The van der Waals surface area contributed by atoms with Crippen molar-refractivity contribution >= 4 is 28.3 Å². The summed E-state index contributed by atoms with van der Waals surface area (Å²) in [7, 11) is 1.93. The zero-order chi connectivity index (χ0) is 14.5. The van der Waals surface area contributed by atoms with E-state index in [0.29, 0.717) is 11.9 Å². The lowest BCUT2D eigenvalue weighted by Gasteiger charge is -2.04. The first-order valence-electron chi connectivity index (χ1n) is 6.82. The average Bonchev–Trinajstić information content (AvgIpc) is 2.87. The Balaban J connectivity index is 0.00000220. The molecule has 0 saturated heterocycles. The highest BCUT2D eigenvalue weighted by Gasteiger charge is 2.09. The van der Waals surface area contributed by atoms with Crippen molar-refractivity contribution in [1.82, 2.24) is 15.5 Å². The third kappa shape index (κ3) is 5.41. The standard InChI is InChI=1S/C15H20BrN3O.ClH/c1-10-8-12(4-6-13(10)16)5-7-15-18-14(19-20-15)9-11(2)17-3;/h4,6,8,11,17H,5,7,9H2,1-3H3;1H. The van der Waals surface area contributed by atoms with Gasteiger partial charge in [-0.05, 0) is 44.5 Å². The molecule has 1 aromatic heterocycles. The molecule has 1 aromatic carbocycles. The van der Waals surface area contributed by atoms with Crippen LogP contribution in [-0.4, -0.2) is 23.2 Å². The quantitative estimate of drug-likeness (QED) is 0.841. The van der Waals surface area contributed by atoms with Crippen molar-refractivity contribution in [3.63, 3.8) is 0 Å². The predicted molar refractivity (Wildman–Crippen MR) is 90.1 cm³/mol. The van der Waals surface area contributed by atoms with Gasteiger partial charge in [0.15, 0.2) is 5.82 Å². The number of nitrogens with zero attached hydrogens (tertiary/aromatic N) is 2. The lowest BCUT2D eigenvalue weighted by Crippen LogP contribution is -2.24. The largest absolute Gasteiger partial charge is 0.339 e. The van der Waals surface area contributed by atoms with Crippen LogP contribution < -0.4 is 5.32 Å². The number of hydrogen-bond donors (Lipinski definition) is 1. The minimum absolute atomic E-state index is 0. The van der Waals surface area contributed by atoms with Gasteiger partial charge >= 0.3 is 0 Å². The second-order valence-electron chi connectivity index (χ2n) is 5.08. The van der Waals surface area contributed by atoms with Gasteiger partial charge in [-0.1, -0.05) is 33.2 Å². The maximum absolute atomic E-state index is 5.29. The monoisotopic (exact) mass is 373 g/mol. The van der Waals surface area contributed by atoms with Gasteiger partial charge in [-0.25, -0.2) is 0 Å². The summed E-state index contributed by atoms with van der Waals surface area (Å²) in [6.07, 6.45) is 2.48. The van der Waals surface area contributed by atoms with Crippen molar-refractivity contribution in [2.75, 3.05) is 7.05 Å². The van der Waals surface area contributed by atoms with Crippen LogP contribution >= 0.6 is 28.3 Å². The van der Waals surface area contributed by atoms with Crippen LogP contribution in [-0.2, 0) is 19.3 Å². The average molecular weight is 375 g/mol. The van der Waals surface area contributed by atoms with E-state index in [9.17, 15) is 0 Å². The number of halogens is 2. The van der Waals surface area contributed by atoms with Crippen LogP contribution in [0.5, 0.6) is 0 Å². The smallest absolute Gasteiger partial charge is 0.226 e. The number of benzene rings is 1. The van der Waals surface area contributed by atoms with E-state index in [4.69, 9.17) is 4.52 Å². The first kappa shape index (κ1) is 18.1. The van der Waals surface area contributed by atoms with E-state index in [0.717, 1.165) is 29.6 Å². The maximum atomic E-state index is 5.29. The summed E-state index contributed by atoms with van der Waals surface area (Å²) in [5, 5.41) is 7.18. The highest BCUT2D eigenvalue weighted by atomic mass is 79.9. The molecule has 0 saturated carbocycles. The molecule has 4 nitrogen and oxygen atoms in total. The highest BCUT2D eigenvalue weighted by Crippen LogP contribution is 2.18. The maximum Gasteiger partial charge on any atom is 0.226 e. The van der Waals surface area contributed by atoms with E-state index in [2.05, 4.69) is 63.4 Å². The van der Waals surface area contributed by atoms with Crippen molar-refractivity contribution < 1.29 is 4.52 Å². The van der Waals surface area contributed by atoms with Crippen LogP contribution in [0, 0.1) is 6.92 Å². The van der Waals surface area contributed by atoms with Crippen LogP contribution in [0.4, 0.5) is 0 Å². The first-order valence-corrected chi connectivity index (χ1v) is 7.61. The van der Waals surface area contributed by atoms with Gasteiger partial charge in [0, 0.05) is 23.4 Å². The molecule has 21 heavy (non-hydrogen) atoms. The van der Waals surface area contributed by atoms with Crippen LogP contribution in [0.15, 0.2) is 27.2 Å². The molecule has 0 aliphatic heterocycles. The molecule has 0 amide bonds. The summed E-state index contributed by atoms with van der Waals surface area (Å²) in [6.45, 7) is 4.19. The molecule has 1 N–H and O–H groups in total. The third-order valence-corrected chi connectivity index (χ3v) is 4.23. The second-order valence-corrected chi connectivity index (χ2v) is 5.94. The van der Waals surface area contributed by atoms with Crippen molar-refractivity contribution in [3.8, 4) is 0 Å². The van der Waals surface area contributed by atoms with Crippen molar-refractivity contribution in [1.29, 1.82) is 0 Å². The van der Waals surface area contributed by atoms with E-state index in [1.807, 2.05) is 7.05 Å². The van der Waals surface area contributed by atoms with Crippen LogP contribution in [0.25, 0.3) is 0 Å². The van der Waals surface area contributed by atoms with Gasteiger partial charge in [-0.2, -0.15) is 4.98 Å². The van der Waals surface area contributed by atoms with Crippen molar-refractivity contribution in [3.05, 3.63) is 45.5 Å². The number of hydrogen-bond acceptors (Lipinski definition) is 4. The summed E-state index contributed by atoms with van der Waals surface area (Å²) in [4.78, 5) is 4.43. The molecular formula is C15H21BrClN3O. The summed E-state index contributed by atoms with van der Waals surface area (Å²) in [5.41, 5.74) is 2.53. The molecule has 116 valence electrons. The Bertz CT molecular complexity index is 574. The third-order valence-electron chi connectivity index (χ3n) is 3.34. The molecule has 0 spiro atoms. The fourth-order valence-electron chi connectivity index (χ4n) is 1.96. The Hall–Kier alpha value is -0.910. The van der Waals surface area contributed by atoms with Crippen LogP contribution in [0.2, 0.25) is 0 Å². The summed E-state index contributed by atoms with van der Waals surface area (Å²) >= 11 is 3.51. The van der Waals surface area contributed by atoms with E-state index in [-0.39, 0.29) is 12.4 Å². The number of aromatic nitrogens is 2. The minimum Gasteiger partial charge on any atom is -0.339 e. The molecule has 6 heteroatoms. The van der Waals surface area contributed by atoms with Gasteiger partial charge in [0.1, 0.15) is 0 Å². The Morgan fingerprint density at radius 2 is 2.10 bits per heavy atom. The predicted octanol–water partition coefficient (Wildman–Crippen LogP) is 3.50. The molecule has 0 radical (unpaired) electrons. The zero-order valence-electron chi connectivity index (χ0n) is 12.5. The second kappa shape index (κ2) is 8.51. The fourth-order valence-corrected chi connectivity index (χ4v) is 2.21. The molecule has 0 bridgehead atoms. The Kier molecular flexibility index (Phi) is 7.35. The zero-order valence-corrected chi connectivity index (χ0v) is 14.9. The molecule has 0 fully saturated rings. The number of likely N-dealkylation sites (N-methyl/N-ethyl adjacent to an activating group) is 1. The van der Waals surface area contributed by atoms with Crippen molar-refractivity contribution in [2.45, 2.75) is 39.2 Å². The summed E-state index contributed by atoms with van der Waals surface area (Å²) in [5.74, 6) is 1.48. The minimum atomic E-state index is 0. The lowest BCUT2D eigenvalue weighted by atomic mass is 10.1. The van der Waals surface area contributed by atoms with Crippen LogP contribution in [0.1, 0.15) is 29.8 Å². The van der Waals surface area contributed by atoms with Gasteiger partial charge in [-0.3, -0.25) is 0 Å². The Labute approximate surface area is 140 Å². The molecular weight excluding hydrogens is 354 g/mol. The van der Waals surface area contributed by atoms with E-state index >= 15 is 0 Å². The molecule has 1 heterocycles. The molecule has 2 aromatic rings. The van der Waals surface area contributed by atoms with Gasteiger partial charge < -0.3 is 9.84 Å². The van der Waals surface area contributed by atoms with E-state index in [1.54, 1.807) is 0 Å².